The number of aryl methyl sites for hydroxylation is 1. The Kier molecular flexibility index (Phi) is 5.21. The Morgan fingerprint density at radius 3 is 2.93 bits per heavy atom. The number of likely N-dealkylation sites (N-methyl/N-ethyl adjacent to an activating group) is 1. The predicted octanol–water partition coefficient (Wildman–Crippen LogP) is 4.52. The lowest BCUT2D eigenvalue weighted by Gasteiger charge is -2.22. The summed E-state index contributed by atoms with van der Waals surface area (Å²) >= 11 is 8.07. The van der Waals surface area contributed by atoms with Gasteiger partial charge in [0.1, 0.15) is 22.2 Å². The van der Waals surface area contributed by atoms with E-state index in [0.717, 1.165) is 48.0 Å². The number of rotatable bonds is 5. The van der Waals surface area contributed by atoms with Crippen molar-refractivity contribution in [1.82, 2.24) is 14.9 Å². The average Bonchev–Trinajstić information content (AvgIpc) is 3.03. The second-order valence-electron chi connectivity index (χ2n) is 6.84. The van der Waals surface area contributed by atoms with Gasteiger partial charge < -0.3 is 15.0 Å². The molecule has 0 unspecified atom stereocenters. The summed E-state index contributed by atoms with van der Waals surface area (Å²) in [5, 5.41) is 5.35. The Morgan fingerprint density at radius 1 is 1.33 bits per heavy atom. The Labute approximate surface area is 168 Å². The average molecular weight is 403 g/mol. The van der Waals surface area contributed by atoms with Gasteiger partial charge in [0, 0.05) is 30.9 Å². The zero-order chi connectivity index (χ0) is 19.0. The van der Waals surface area contributed by atoms with Crippen LogP contribution in [0, 0.1) is 0 Å². The molecule has 1 aliphatic heterocycles. The topological polar surface area (TPSA) is 50.3 Å². The Morgan fingerprint density at radius 2 is 2.19 bits per heavy atom. The van der Waals surface area contributed by atoms with Crippen molar-refractivity contribution in [3.8, 4) is 5.75 Å². The molecule has 1 N–H and O–H groups in total. The number of nitrogens with zero attached hydrogens (tertiary/aromatic N) is 3. The molecule has 0 saturated carbocycles. The van der Waals surface area contributed by atoms with E-state index < -0.39 is 0 Å². The molecule has 0 amide bonds. The van der Waals surface area contributed by atoms with Gasteiger partial charge in [0.05, 0.1) is 17.5 Å². The monoisotopic (exact) mass is 402 g/mol. The van der Waals surface area contributed by atoms with Crippen molar-refractivity contribution in [2.45, 2.75) is 32.9 Å². The fourth-order valence-corrected chi connectivity index (χ4v) is 5.06. The fraction of sp³-hybridized carbons (Fsp3) is 0.400. The van der Waals surface area contributed by atoms with Crippen LogP contribution in [0.3, 0.4) is 0 Å². The fourth-order valence-electron chi connectivity index (χ4n) is 3.46. The number of nitrogens with one attached hydrogen (secondary N) is 1. The third-order valence-corrected chi connectivity index (χ3v) is 6.34. The van der Waals surface area contributed by atoms with Crippen molar-refractivity contribution >= 4 is 39.0 Å². The van der Waals surface area contributed by atoms with Gasteiger partial charge in [0.2, 0.25) is 0 Å². The number of halogens is 1. The van der Waals surface area contributed by atoms with E-state index in [4.69, 9.17) is 26.3 Å². The van der Waals surface area contributed by atoms with Gasteiger partial charge in [-0.1, -0.05) is 24.6 Å². The summed E-state index contributed by atoms with van der Waals surface area (Å²) in [4.78, 5) is 14.5. The molecule has 1 aliphatic rings. The summed E-state index contributed by atoms with van der Waals surface area (Å²) in [6, 6.07) is 5.86. The second-order valence-corrected chi connectivity index (χ2v) is 8.33. The number of methoxy groups -OCH3 is 1. The number of aromatic nitrogens is 2. The van der Waals surface area contributed by atoms with Crippen molar-refractivity contribution in [3.05, 3.63) is 45.1 Å². The smallest absolute Gasteiger partial charge is 0.139 e. The molecule has 1 aromatic carbocycles. The van der Waals surface area contributed by atoms with Gasteiger partial charge in [-0.3, -0.25) is 0 Å². The highest BCUT2D eigenvalue weighted by Gasteiger charge is 2.22. The molecule has 0 fully saturated rings. The van der Waals surface area contributed by atoms with Crippen molar-refractivity contribution < 1.29 is 4.74 Å². The zero-order valence-corrected chi connectivity index (χ0v) is 17.4. The number of anilines is 1. The van der Waals surface area contributed by atoms with Gasteiger partial charge in [-0.05, 0) is 36.7 Å². The maximum absolute atomic E-state index is 6.26. The van der Waals surface area contributed by atoms with Crippen LogP contribution in [0.4, 0.5) is 5.82 Å². The van der Waals surface area contributed by atoms with E-state index in [0.29, 0.717) is 17.3 Å². The first-order valence-corrected chi connectivity index (χ1v) is 10.3. The molecule has 0 aliphatic carbocycles. The van der Waals surface area contributed by atoms with Gasteiger partial charge >= 0.3 is 0 Å². The van der Waals surface area contributed by atoms with Crippen molar-refractivity contribution in [2.24, 2.45) is 0 Å². The number of hydrogen-bond donors (Lipinski definition) is 1. The normalized spacial score (nSPS) is 14.4. The molecule has 5 nitrogen and oxygen atoms in total. The molecule has 0 saturated heterocycles. The number of ether oxygens (including phenoxy) is 1. The largest absolute Gasteiger partial charge is 0.495 e. The summed E-state index contributed by atoms with van der Waals surface area (Å²) in [5.74, 6) is 2.50. The molecule has 0 bridgehead atoms. The van der Waals surface area contributed by atoms with Crippen molar-refractivity contribution in [3.63, 3.8) is 0 Å². The Hall–Kier alpha value is -1.89. The molecule has 27 heavy (non-hydrogen) atoms. The molecule has 0 radical (unpaired) electrons. The first-order valence-electron chi connectivity index (χ1n) is 9.15. The minimum atomic E-state index is 0.620. The first-order chi connectivity index (χ1) is 13.1. The minimum Gasteiger partial charge on any atom is -0.495 e. The third kappa shape index (κ3) is 3.61. The van der Waals surface area contributed by atoms with Crippen LogP contribution in [0.25, 0.3) is 10.2 Å². The van der Waals surface area contributed by atoms with Crippen LogP contribution in [-0.2, 0) is 25.9 Å². The van der Waals surface area contributed by atoms with Gasteiger partial charge in [-0.2, -0.15) is 0 Å². The van der Waals surface area contributed by atoms with Gasteiger partial charge in [-0.15, -0.1) is 11.3 Å². The minimum absolute atomic E-state index is 0.620. The number of fused-ring (bicyclic) bond motifs is 3. The molecule has 2 aromatic heterocycles. The molecule has 4 rings (SSSR count). The summed E-state index contributed by atoms with van der Waals surface area (Å²) in [5.41, 5.74) is 2.50. The van der Waals surface area contributed by atoms with E-state index in [1.807, 2.05) is 18.2 Å². The molecule has 142 valence electrons. The zero-order valence-electron chi connectivity index (χ0n) is 15.8. The highest BCUT2D eigenvalue weighted by Crippen LogP contribution is 2.37. The lowest BCUT2D eigenvalue weighted by atomic mass is 10.1. The van der Waals surface area contributed by atoms with Crippen molar-refractivity contribution in [1.29, 1.82) is 0 Å². The second kappa shape index (κ2) is 7.62. The van der Waals surface area contributed by atoms with Crippen LogP contribution >= 0.6 is 22.9 Å². The molecule has 0 atom stereocenters. The molecule has 3 aromatic rings. The van der Waals surface area contributed by atoms with Gasteiger partial charge in [-0.25, -0.2) is 9.97 Å². The SMILES string of the molecule is CCc1nc(NCc2ccc(OC)c(Cl)c2)c2c3c(sc2n1)CN(C)CC3. The lowest BCUT2D eigenvalue weighted by Crippen LogP contribution is -2.25. The lowest BCUT2D eigenvalue weighted by molar-refractivity contribution is 0.318. The summed E-state index contributed by atoms with van der Waals surface area (Å²) < 4.78 is 5.24. The standard InChI is InChI=1S/C20H23ClN4OS/c1-4-17-23-19(22-10-12-5-6-15(26-3)14(21)9-12)18-13-7-8-25(2)11-16(13)27-20(18)24-17/h5-6,9H,4,7-8,10-11H2,1-3H3,(H,22,23,24). The highest BCUT2D eigenvalue weighted by molar-refractivity contribution is 7.19. The van der Waals surface area contributed by atoms with E-state index in [1.54, 1.807) is 18.4 Å². The van der Waals surface area contributed by atoms with Crippen LogP contribution in [-0.4, -0.2) is 35.6 Å². The summed E-state index contributed by atoms with van der Waals surface area (Å²) in [7, 11) is 3.79. The predicted molar refractivity (Wildman–Crippen MR) is 112 cm³/mol. The maximum atomic E-state index is 6.26. The highest BCUT2D eigenvalue weighted by atomic mass is 35.5. The Bertz CT molecular complexity index is 988. The Balaban J connectivity index is 1.69. The van der Waals surface area contributed by atoms with Crippen LogP contribution < -0.4 is 10.1 Å². The molecule has 3 heterocycles. The number of hydrogen-bond acceptors (Lipinski definition) is 6. The van der Waals surface area contributed by atoms with Crippen LogP contribution in [0.15, 0.2) is 18.2 Å². The number of thiophene rings is 1. The summed E-state index contributed by atoms with van der Waals surface area (Å²) in [6.07, 6.45) is 1.87. The van der Waals surface area contributed by atoms with E-state index >= 15 is 0 Å². The molecule has 0 spiro atoms. The van der Waals surface area contributed by atoms with Gasteiger partial charge in [0.25, 0.3) is 0 Å². The molecular weight excluding hydrogens is 380 g/mol. The van der Waals surface area contributed by atoms with E-state index in [2.05, 4.69) is 24.2 Å². The van der Waals surface area contributed by atoms with E-state index in [1.165, 1.54) is 15.8 Å². The van der Waals surface area contributed by atoms with E-state index in [9.17, 15) is 0 Å². The van der Waals surface area contributed by atoms with Gasteiger partial charge in [0.15, 0.2) is 0 Å². The molecule has 7 heteroatoms. The van der Waals surface area contributed by atoms with Crippen LogP contribution in [0.2, 0.25) is 5.02 Å². The first kappa shape index (κ1) is 18.5. The molecular formula is C20H23ClN4OS. The third-order valence-electron chi connectivity index (χ3n) is 4.93. The summed E-state index contributed by atoms with van der Waals surface area (Å²) in [6.45, 7) is 4.81. The van der Waals surface area contributed by atoms with Crippen molar-refractivity contribution in [2.75, 3.05) is 26.0 Å². The maximum Gasteiger partial charge on any atom is 0.139 e. The quantitative estimate of drug-likeness (QED) is 0.680. The number of benzene rings is 1. The van der Waals surface area contributed by atoms with E-state index in [-0.39, 0.29) is 0 Å². The van der Waals surface area contributed by atoms with Crippen LogP contribution in [0.1, 0.15) is 28.8 Å². The van der Waals surface area contributed by atoms with Crippen LogP contribution in [0.5, 0.6) is 5.75 Å².